The van der Waals surface area contributed by atoms with E-state index in [0.717, 1.165) is 22.3 Å². The van der Waals surface area contributed by atoms with Gasteiger partial charge in [0.1, 0.15) is 12.4 Å². The Balaban J connectivity index is 1.39. The molecule has 0 aliphatic carbocycles. The molecule has 0 aromatic heterocycles. The molecule has 9 nitrogen and oxygen atoms in total. The highest BCUT2D eigenvalue weighted by atomic mass is 32.2. The van der Waals surface area contributed by atoms with E-state index in [1.807, 2.05) is 37.3 Å². The van der Waals surface area contributed by atoms with Crippen molar-refractivity contribution in [2.45, 2.75) is 20.0 Å². The van der Waals surface area contributed by atoms with Crippen LogP contribution in [0.5, 0.6) is 17.2 Å². The van der Waals surface area contributed by atoms with Gasteiger partial charge < -0.3 is 19.3 Å². The second kappa shape index (κ2) is 13.6. The van der Waals surface area contributed by atoms with E-state index in [2.05, 4.69) is 5.43 Å². The van der Waals surface area contributed by atoms with Crippen LogP contribution in [0.4, 0.5) is 0 Å². The number of rotatable bonds is 12. The summed E-state index contributed by atoms with van der Waals surface area (Å²) in [6.45, 7) is 2.58. The summed E-state index contributed by atoms with van der Waals surface area (Å²) < 4.78 is 17.1. The number of nitrogens with zero attached hydrogens (tertiary/aromatic N) is 1. The highest BCUT2D eigenvalue weighted by Crippen LogP contribution is 2.34. The van der Waals surface area contributed by atoms with Gasteiger partial charge in [0, 0.05) is 5.56 Å². The number of hydrazine groups is 1. The van der Waals surface area contributed by atoms with Gasteiger partial charge in [-0.3, -0.25) is 19.8 Å². The Labute approximate surface area is 240 Å². The normalized spacial score (nSPS) is 13.8. The van der Waals surface area contributed by atoms with Gasteiger partial charge in [-0.15, -0.1) is 0 Å². The first-order valence-electron chi connectivity index (χ1n) is 12.3. The molecular weight excluding hydrogens is 552 g/mol. The van der Waals surface area contributed by atoms with Crippen molar-refractivity contribution < 1.29 is 33.7 Å². The minimum Gasteiger partial charge on any atom is -0.490 e. The van der Waals surface area contributed by atoms with Crippen LogP contribution in [0.25, 0.3) is 6.08 Å². The molecule has 1 fully saturated rings. The van der Waals surface area contributed by atoms with Gasteiger partial charge in [-0.05, 0) is 72.7 Å². The topological polar surface area (TPSA) is 114 Å². The van der Waals surface area contributed by atoms with Crippen molar-refractivity contribution in [1.29, 1.82) is 0 Å². The first-order chi connectivity index (χ1) is 19.3. The third-order valence-corrected chi connectivity index (χ3v) is 6.81. The number of carboxylic acids is 1. The van der Waals surface area contributed by atoms with Crippen molar-refractivity contribution in [3.63, 3.8) is 0 Å². The Morgan fingerprint density at radius 2 is 1.75 bits per heavy atom. The minimum atomic E-state index is -0.964. The van der Waals surface area contributed by atoms with Crippen LogP contribution in [0.15, 0.2) is 77.7 Å². The highest BCUT2D eigenvalue weighted by Gasteiger charge is 2.34. The maximum absolute atomic E-state index is 13.0. The van der Waals surface area contributed by atoms with E-state index in [-0.39, 0.29) is 17.3 Å². The molecule has 1 aliphatic heterocycles. The van der Waals surface area contributed by atoms with Crippen molar-refractivity contribution in [3.05, 3.63) is 94.4 Å². The quantitative estimate of drug-likeness (QED) is 0.225. The van der Waals surface area contributed by atoms with Crippen molar-refractivity contribution in [1.82, 2.24) is 10.4 Å². The summed E-state index contributed by atoms with van der Waals surface area (Å²) in [6, 6.07) is 21.4. The largest absolute Gasteiger partial charge is 0.490 e. The number of carbonyl (C=O) groups is 3. The molecule has 1 aliphatic rings. The fraction of sp³-hybridized carbons (Fsp3) is 0.172. The lowest BCUT2D eigenvalue weighted by atomic mass is 10.2. The Bertz CT molecular complexity index is 1430. The molecule has 3 aromatic carbocycles. The van der Waals surface area contributed by atoms with Crippen LogP contribution in [-0.4, -0.2) is 45.4 Å². The number of amides is 2. The average molecular weight is 579 g/mol. The van der Waals surface area contributed by atoms with Crippen molar-refractivity contribution in [2.75, 3.05) is 13.2 Å². The lowest BCUT2D eigenvalue weighted by Crippen LogP contribution is -2.44. The first-order valence-corrected chi connectivity index (χ1v) is 13.5. The maximum atomic E-state index is 13.0. The van der Waals surface area contributed by atoms with Gasteiger partial charge in [-0.1, -0.05) is 48.2 Å². The van der Waals surface area contributed by atoms with Gasteiger partial charge in [0.15, 0.2) is 15.8 Å². The van der Waals surface area contributed by atoms with Gasteiger partial charge in [0.2, 0.25) is 0 Å². The van der Waals surface area contributed by atoms with Crippen LogP contribution in [0.2, 0.25) is 0 Å². The molecule has 1 saturated heterocycles. The lowest BCUT2D eigenvalue weighted by molar-refractivity contribution is -0.137. The minimum absolute atomic E-state index is 0.00342. The van der Waals surface area contributed by atoms with Crippen LogP contribution in [-0.2, 0) is 16.2 Å². The number of thioether (sulfide) groups is 1. The molecule has 2 amide bonds. The number of aliphatic carboxylic acids is 1. The maximum Gasteiger partial charge on any atom is 0.306 e. The lowest BCUT2D eigenvalue weighted by Gasteiger charge is -2.16. The molecule has 2 N–H and O–H groups in total. The summed E-state index contributed by atoms with van der Waals surface area (Å²) in [6.07, 6.45) is 1.49. The number of carboxylic acid groups (broad SMARTS) is 1. The Morgan fingerprint density at radius 1 is 1.00 bits per heavy atom. The Hall–Kier alpha value is -4.35. The standard InChI is InChI=1S/C29H26N2O7S2/c1-2-36-24-16-20(8-13-23(24)37-15-14-26(32)33)17-25-28(35)31(29(39)40-25)30-27(34)21-9-11-22(12-10-21)38-18-19-6-4-3-5-7-19/h3-13,16-17H,2,14-15,18H2,1H3,(H,30,34)(H,32,33)/b25-17+. The average Bonchev–Trinajstić information content (AvgIpc) is 3.21. The molecule has 11 heteroatoms. The zero-order chi connectivity index (χ0) is 28.5. The third kappa shape index (κ3) is 7.61. The third-order valence-electron chi connectivity index (χ3n) is 5.51. The van der Waals surface area contributed by atoms with Crippen LogP contribution in [0, 0.1) is 0 Å². The fourth-order valence-corrected chi connectivity index (χ4v) is 4.75. The highest BCUT2D eigenvalue weighted by molar-refractivity contribution is 8.26. The van der Waals surface area contributed by atoms with Gasteiger partial charge in [-0.25, -0.2) is 0 Å². The molecule has 0 radical (unpaired) electrons. The summed E-state index contributed by atoms with van der Waals surface area (Å²) in [5.74, 6) is -0.495. The predicted octanol–water partition coefficient (Wildman–Crippen LogP) is 5.06. The summed E-state index contributed by atoms with van der Waals surface area (Å²) in [5, 5.41) is 9.86. The number of hydrogen-bond donors (Lipinski definition) is 2. The van der Waals surface area contributed by atoms with E-state index in [9.17, 15) is 14.4 Å². The van der Waals surface area contributed by atoms with E-state index < -0.39 is 17.8 Å². The second-order valence-corrected chi connectivity index (χ2v) is 10.1. The molecule has 0 bridgehead atoms. The zero-order valence-electron chi connectivity index (χ0n) is 21.5. The van der Waals surface area contributed by atoms with Crippen LogP contribution >= 0.6 is 24.0 Å². The van der Waals surface area contributed by atoms with Crippen molar-refractivity contribution in [2.24, 2.45) is 0 Å². The van der Waals surface area contributed by atoms with Crippen LogP contribution < -0.4 is 19.6 Å². The van der Waals surface area contributed by atoms with Gasteiger partial charge >= 0.3 is 5.97 Å². The summed E-state index contributed by atoms with van der Waals surface area (Å²) in [5.41, 5.74) is 4.58. The van der Waals surface area contributed by atoms with Gasteiger partial charge in [0.05, 0.1) is 24.5 Å². The molecule has 0 unspecified atom stereocenters. The Kier molecular flexibility index (Phi) is 9.76. The molecule has 40 heavy (non-hydrogen) atoms. The second-order valence-electron chi connectivity index (χ2n) is 8.39. The number of ether oxygens (including phenoxy) is 3. The van der Waals surface area contributed by atoms with E-state index in [4.69, 9.17) is 31.5 Å². The number of carbonyl (C=O) groups excluding carboxylic acids is 2. The molecular formula is C29H26N2O7S2. The summed E-state index contributed by atoms with van der Waals surface area (Å²) >= 11 is 6.40. The smallest absolute Gasteiger partial charge is 0.306 e. The molecule has 0 atom stereocenters. The number of benzene rings is 3. The summed E-state index contributed by atoms with van der Waals surface area (Å²) in [7, 11) is 0. The van der Waals surface area contributed by atoms with Crippen LogP contribution in [0.1, 0.15) is 34.8 Å². The Morgan fingerprint density at radius 3 is 2.45 bits per heavy atom. The van der Waals surface area contributed by atoms with Crippen LogP contribution in [0.3, 0.4) is 0 Å². The van der Waals surface area contributed by atoms with E-state index >= 15 is 0 Å². The fourth-order valence-electron chi connectivity index (χ4n) is 3.58. The molecule has 0 spiro atoms. The molecule has 206 valence electrons. The molecule has 4 rings (SSSR count). The first kappa shape index (κ1) is 28.7. The van der Waals surface area contributed by atoms with Crippen molar-refractivity contribution in [3.8, 4) is 17.2 Å². The predicted molar refractivity (Wildman–Crippen MR) is 155 cm³/mol. The number of nitrogens with one attached hydrogen (secondary N) is 1. The van der Waals surface area contributed by atoms with Gasteiger partial charge in [-0.2, -0.15) is 5.01 Å². The van der Waals surface area contributed by atoms with Crippen molar-refractivity contribution >= 4 is 52.2 Å². The van der Waals surface area contributed by atoms with Gasteiger partial charge in [0.25, 0.3) is 11.8 Å². The SMILES string of the molecule is CCOc1cc(/C=C2/SC(=S)N(NC(=O)c3ccc(OCc4ccccc4)cc3)C2=O)ccc1OCCC(=O)O. The van der Waals surface area contributed by atoms with E-state index in [1.165, 1.54) is 0 Å². The number of thiocarbonyl (C=S) groups is 1. The summed E-state index contributed by atoms with van der Waals surface area (Å²) in [4.78, 5) is 37.0. The zero-order valence-corrected chi connectivity index (χ0v) is 23.1. The monoisotopic (exact) mass is 578 g/mol. The molecule has 3 aromatic rings. The number of hydrogen-bond acceptors (Lipinski definition) is 8. The molecule has 0 saturated carbocycles. The molecule has 1 heterocycles. The van der Waals surface area contributed by atoms with E-state index in [0.29, 0.717) is 46.5 Å². The van der Waals surface area contributed by atoms with E-state index in [1.54, 1.807) is 48.5 Å².